The van der Waals surface area contributed by atoms with Crippen LogP contribution in [0.15, 0.2) is 45.7 Å². The van der Waals surface area contributed by atoms with Crippen LogP contribution in [0.5, 0.6) is 0 Å². The third-order valence-corrected chi connectivity index (χ3v) is 4.85. The van der Waals surface area contributed by atoms with Gasteiger partial charge in [-0.05, 0) is 37.7 Å². The van der Waals surface area contributed by atoms with Crippen molar-refractivity contribution in [1.29, 1.82) is 0 Å². The Balaban J connectivity index is 1.76. The highest BCUT2D eigenvalue weighted by molar-refractivity contribution is 8.18. The van der Waals surface area contributed by atoms with Gasteiger partial charge in [0.25, 0.3) is 11.1 Å². The topological polar surface area (TPSA) is 93.9 Å². The SMILES string of the molecule is CCOC(=O)CN1C(=O)S/C(=C/c2ccc(-c3ccc(C(C)=O)cc3)o2)C1=O. The summed E-state index contributed by atoms with van der Waals surface area (Å²) in [5, 5.41) is -0.532. The molecule has 144 valence electrons. The lowest BCUT2D eigenvalue weighted by atomic mass is 10.1. The number of carbonyl (C=O) groups is 4. The van der Waals surface area contributed by atoms with Crippen LogP contribution in [0.4, 0.5) is 4.79 Å². The van der Waals surface area contributed by atoms with Crippen LogP contribution < -0.4 is 0 Å². The first-order chi connectivity index (χ1) is 13.4. The van der Waals surface area contributed by atoms with Gasteiger partial charge in [-0.1, -0.05) is 24.3 Å². The predicted molar refractivity (Wildman–Crippen MR) is 103 cm³/mol. The highest BCUT2D eigenvalue weighted by atomic mass is 32.2. The molecule has 2 aromatic rings. The van der Waals surface area contributed by atoms with Crippen molar-refractivity contribution in [2.45, 2.75) is 13.8 Å². The second kappa shape index (κ2) is 8.26. The van der Waals surface area contributed by atoms with Gasteiger partial charge in [0.2, 0.25) is 0 Å². The van der Waals surface area contributed by atoms with E-state index >= 15 is 0 Å². The van der Waals surface area contributed by atoms with Gasteiger partial charge >= 0.3 is 5.97 Å². The number of imide groups is 1. The van der Waals surface area contributed by atoms with Gasteiger partial charge in [0.1, 0.15) is 18.1 Å². The van der Waals surface area contributed by atoms with E-state index in [0.29, 0.717) is 17.1 Å². The molecule has 7 nitrogen and oxygen atoms in total. The standard InChI is InChI=1S/C20H17NO6S/c1-3-26-18(23)11-21-19(24)17(28-20(21)25)10-15-8-9-16(27-15)14-6-4-13(5-7-14)12(2)22/h4-10H,3,11H2,1-2H3/b17-10+. The molecule has 1 aliphatic rings. The maximum Gasteiger partial charge on any atom is 0.326 e. The average Bonchev–Trinajstić information content (AvgIpc) is 3.23. The fourth-order valence-corrected chi connectivity index (χ4v) is 3.37. The number of amides is 2. The Morgan fingerprint density at radius 1 is 1.14 bits per heavy atom. The van der Waals surface area contributed by atoms with Crippen molar-refractivity contribution in [3.05, 3.63) is 52.6 Å². The third kappa shape index (κ3) is 4.23. The van der Waals surface area contributed by atoms with Crippen LogP contribution in [0, 0.1) is 0 Å². The summed E-state index contributed by atoms with van der Waals surface area (Å²) >= 11 is 0.740. The van der Waals surface area contributed by atoms with Gasteiger partial charge in [-0.15, -0.1) is 0 Å². The summed E-state index contributed by atoms with van der Waals surface area (Å²) in [7, 11) is 0. The minimum absolute atomic E-state index is 0.0229. The first kappa shape index (κ1) is 19.6. The minimum atomic E-state index is -0.639. The smallest absolute Gasteiger partial charge is 0.326 e. The number of rotatable bonds is 6. The van der Waals surface area contributed by atoms with Crippen molar-refractivity contribution in [1.82, 2.24) is 4.90 Å². The molecular formula is C20H17NO6S. The molecule has 1 aliphatic heterocycles. The lowest BCUT2D eigenvalue weighted by molar-refractivity contribution is -0.145. The highest BCUT2D eigenvalue weighted by Crippen LogP contribution is 2.33. The molecule has 0 bridgehead atoms. The number of esters is 1. The Morgan fingerprint density at radius 2 is 1.86 bits per heavy atom. The number of benzene rings is 1. The molecule has 3 rings (SSSR count). The van der Waals surface area contributed by atoms with Crippen LogP contribution >= 0.6 is 11.8 Å². The summed E-state index contributed by atoms with van der Waals surface area (Å²) in [6, 6.07) is 10.4. The second-order valence-corrected chi connectivity index (χ2v) is 6.90. The number of furan rings is 1. The summed E-state index contributed by atoms with van der Waals surface area (Å²) in [5.41, 5.74) is 1.38. The average molecular weight is 399 g/mol. The summed E-state index contributed by atoms with van der Waals surface area (Å²) in [5.74, 6) is -0.267. The summed E-state index contributed by atoms with van der Waals surface area (Å²) in [4.78, 5) is 48.3. The van der Waals surface area contributed by atoms with Crippen molar-refractivity contribution in [3.63, 3.8) is 0 Å². The molecule has 0 aliphatic carbocycles. The fraction of sp³-hybridized carbons (Fsp3) is 0.200. The number of ether oxygens (including phenoxy) is 1. The lowest BCUT2D eigenvalue weighted by Gasteiger charge is -2.10. The Hall–Kier alpha value is -3.13. The van der Waals surface area contributed by atoms with Gasteiger partial charge < -0.3 is 9.15 Å². The molecule has 2 heterocycles. The number of ketones is 1. The van der Waals surface area contributed by atoms with Crippen LogP contribution in [0.2, 0.25) is 0 Å². The molecule has 2 amide bonds. The zero-order valence-electron chi connectivity index (χ0n) is 15.3. The monoisotopic (exact) mass is 399 g/mol. The normalized spacial score (nSPS) is 15.4. The maximum absolute atomic E-state index is 12.4. The third-order valence-electron chi connectivity index (χ3n) is 3.94. The van der Waals surface area contributed by atoms with Crippen LogP contribution in [-0.2, 0) is 14.3 Å². The van der Waals surface area contributed by atoms with Gasteiger partial charge in [0.15, 0.2) is 5.78 Å². The van der Waals surface area contributed by atoms with E-state index in [1.54, 1.807) is 43.3 Å². The van der Waals surface area contributed by atoms with Crippen molar-refractivity contribution in [3.8, 4) is 11.3 Å². The molecule has 8 heteroatoms. The van der Waals surface area contributed by atoms with Gasteiger partial charge in [0.05, 0.1) is 11.5 Å². The van der Waals surface area contributed by atoms with Crippen molar-refractivity contribution in [2.75, 3.05) is 13.2 Å². The van der Waals surface area contributed by atoms with Crippen LogP contribution in [0.25, 0.3) is 17.4 Å². The number of Topliss-reactive ketones (excluding diaryl/α,β-unsaturated/α-hetero) is 1. The molecule has 0 saturated carbocycles. The molecule has 1 saturated heterocycles. The van der Waals surface area contributed by atoms with Gasteiger partial charge in [-0.2, -0.15) is 0 Å². The molecule has 1 aromatic carbocycles. The summed E-state index contributed by atoms with van der Waals surface area (Å²) < 4.78 is 10.5. The quantitative estimate of drug-likeness (QED) is 0.415. The van der Waals surface area contributed by atoms with Crippen LogP contribution in [0.1, 0.15) is 30.0 Å². The van der Waals surface area contributed by atoms with Crippen molar-refractivity contribution >= 4 is 40.7 Å². The zero-order valence-corrected chi connectivity index (χ0v) is 16.1. The largest absolute Gasteiger partial charge is 0.465 e. The van der Waals surface area contributed by atoms with E-state index in [1.165, 1.54) is 13.0 Å². The molecule has 0 radical (unpaired) electrons. The number of thioether (sulfide) groups is 1. The van der Waals surface area contributed by atoms with E-state index in [-0.39, 0.29) is 17.3 Å². The second-order valence-electron chi connectivity index (χ2n) is 5.91. The minimum Gasteiger partial charge on any atom is -0.465 e. The number of hydrogen-bond donors (Lipinski definition) is 0. The zero-order chi connectivity index (χ0) is 20.3. The summed E-state index contributed by atoms with van der Waals surface area (Å²) in [6.45, 7) is 2.90. The van der Waals surface area contributed by atoms with E-state index in [0.717, 1.165) is 22.2 Å². The van der Waals surface area contributed by atoms with Crippen LogP contribution in [0.3, 0.4) is 0 Å². The molecule has 0 spiro atoms. The van der Waals surface area contributed by atoms with Crippen molar-refractivity contribution < 1.29 is 28.3 Å². The highest BCUT2D eigenvalue weighted by Gasteiger charge is 2.36. The molecule has 0 N–H and O–H groups in total. The van der Waals surface area contributed by atoms with E-state index in [2.05, 4.69) is 0 Å². The number of hydrogen-bond acceptors (Lipinski definition) is 7. The van der Waals surface area contributed by atoms with Gasteiger partial charge in [-0.3, -0.25) is 24.1 Å². The summed E-state index contributed by atoms with van der Waals surface area (Å²) in [6.07, 6.45) is 1.46. The molecule has 1 fully saturated rings. The Kier molecular flexibility index (Phi) is 5.79. The number of carbonyl (C=O) groups excluding carboxylic acids is 4. The predicted octanol–water partition coefficient (Wildman–Crippen LogP) is 3.75. The van der Waals surface area contributed by atoms with E-state index in [4.69, 9.17) is 9.15 Å². The van der Waals surface area contributed by atoms with Gasteiger partial charge in [-0.25, -0.2) is 0 Å². The molecule has 1 aromatic heterocycles. The van der Waals surface area contributed by atoms with Crippen molar-refractivity contribution in [2.24, 2.45) is 0 Å². The molecule has 0 atom stereocenters. The first-order valence-corrected chi connectivity index (χ1v) is 9.33. The molecule has 0 unspecified atom stereocenters. The van der Waals surface area contributed by atoms with Crippen LogP contribution in [-0.4, -0.2) is 41.0 Å². The van der Waals surface area contributed by atoms with Gasteiger partial charge in [0, 0.05) is 17.2 Å². The fourth-order valence-electron chi connectivity index (χ4n) is 2.56. The number of nitrogens with zero attached hydrogens (tertiary/aromatic N) is 1. The first-order valence-electron chi connectivity index (χ1n) is 8.51. The molecule has 28 heavy (non-hydrogen) atoms. The lowest BCUT2D eigenvalue weighted by Crippen LogP contribution is -2.34. The maximum atomic E-state index is 12.4. The van der Waals surface area contributed by atoms with E-state index in [1.807, 2.05) is 0 Å². The Labute approximate surface area is 165 Å². The van der Waals surface area contributed by atoms with E-state index < -0.39 is 23.7 Å². The Morgan fingerprint density at radius 3 is 2.50 bits per heavy atom. The Bertz CT molecular complexity index is 973. The van der Waals surface area contributed by atoms with E-state index in [9.17, 15) is 19.2 Å². The molecular weight excluding hydrogens is 382 g/mol.